The van der Waals surface area contributed by atoms with Crippen molar-refractivity contribution in [1.29, 1.82) is 0 Å². The van der Waals surface area contributed by atoms with Gasteiger partial charge in [0.15, 0.2) is 0 Å². The predicted octanol–water partition coefficient (Wildman–Crippen LogP) is 0.232. The topological polar surface area (TPSA) is 95.1 Å². The molecule has 0 bridgehead atoms. The number of rotatable bonds is 4. The molecule has 0 spiro atoms. The summed E-state index contributed by atoms with van der Waals surface area (Å²) in [4.78, 5) is 6.71. The summed E-state index contributed by atoms with van der Waals surface area (Å²) in [6, 6.07) is 6.37. The Bertz CT molecular complexity index is 728. The van der Waals surface area contributed by atoms with Gasteiger partial charge in [-0.1, -0.05) is 24.0 Å². The highest BCUT2D eigenvalue weighted by Crippen LogP contribution is 2.14. The quantitative estimate of drug-likeness (QED) is 0.703. The summed E-state index contributed by atoms with van der Waals surface area (Å²) in [6.07, 6.45) is 3.02. The second-order valence-electron chi connectivity index (χ2n) is 3.86. The molecule has 0 aliphatic heterocycles. The van der Waals surface area contributed by atoms with Crippen LogP contribution in [0.4, 0.5) is 0 Å². The van der Waals surface area contributed by atoms with Gasteiger partial charge in [-0.2, -0.15) is 0 Å². The average Bonchev–Trinajstić information content (AvgIpc) is 2.97. The van der Waals surface area contributed by atoms with Gasteiger partial charge in [-0.25, -0.2) is 18.1 Å². The molecule has 0 amide bonds. The molecule has 0 aliphatic rings. The van der Waals surface area contributed by atoms with Crippen LogP contribution in [0.1, 0.15) is 11.3 Å². The first kappa shape index (κ1) is 14.3. The number of aliphatic hydroxyl groups is 1. The van der Waals surface area contributed by atoms with Crippen LogP contribution in [0.5, 0.6) is 0 Å². The van der Waals surface area contributed by atoms with E-state index in [4.69, 9.17) is 5.11 Å². The Morgan fingerprint density at radius 1 is 1.35 bits per heavy atom. The van der Waals surface area contributed by atoms with Gasteiger partial charge in [0, 0.05) is 17.5 Å². The summed E-state index contributed by atoms with van der Waals surface area (Å²) in [5, 5.41) is 8.70. The highest BCUT2D eigenvalue weighted by atomic mass is 32.2. The molecule has 1 aromatic heterocycles. The SMILES string of the molecule is O=S(=O)(NCc1cnc[nH]1)c1ccccc1C#CCO. The van der Waals surface area contributed by atoms with Gasteiger partial charge >= 0.3 is 0 Å². The van der Waals surface area contributed by atoms with Crippen LogP contribution in [-0.2, 0) is 16.6 Å². The molecule has 0 radical (unpaired) electrons. The third kappa shape index (κ3) is 3.45. The summed E-state index contributed by atoms with van der Waals surface area (Å²) in [5.74, 6) is 5.07. The van der Waals surface area contributed by atoms with E-state index in [1.54, 1.807) is 24.4 Å². The number of benzene rings is 1. The maximum absolute atomic E-state index is 12.2. The van der Waals surface area contributed by atoms with Crippen molar-refractivity contribution in [3.63, 3.8) is 0 Å². The van der Waals surface area contributed by atoms with Crippen molar-refractivity contribution in [3.8, 4) is 11.8 Å². The van der Waals surface area contributed by atoms with Crippen molar-refractivity contribution >= 4 is 10.0 Å². The van der Waals surface area contributed by atoms with Gasteiger partial charge in [-0.05, 0) is 12.1 Å². The lowest BCUT2D eigenvalue weighted by atomic mass is 10.2. The minimum absolute atomic E-state index is 0.0838. The lowest BCUT2D eigenvalue weighted by molar-refractivity contribution is 0.350. The number of aromatic amines is 1. The number of aromatic nitrogens is 2. The number of hydrogen-bond acceptors (Lipinski definition) is 4. The zero-order valence-corrected chi connectivity index (χ0v) is 11.3. The highest BCUT2D eigenvalue weighted by molar-refractivity contribution is 7.89. The maximum atomic E-state index is 12.2. The third-order valence-electron chi connectivity index (χ3n) is 2.49. The minimum atomic E-state index is -3.68. The lowest BCUT2D eigenvalue weighted by Crippen LogP contribution is -2.24. The molecule has 0 fully saturated rings. The number of nitrogens with zero attached hydrogens (tertiary/aromatic N) is 1. The van der Waals surface area contributed by atoms with E-state index in [2.05, 4.69) is 26.5 Å². The van der Waals surface area contributed by atoms with E-state index in [0.717, 1.165) is 0 Å². The van der Waals surface area contributed by atoms with Gasteiger partial charge in [0.05, 0.1) is 17.8 Å². The van der Waals surface area contributed by atoms with Gasteiger partial charge in [0.1, 0.15) is 6.61 Å². The Hall–Kier alpha value is -2.14. The van der Waals surface area contributed by atoms with E-state index in [0.29, 0.717) is 11.3 Å². The minimum Gasteiger partial charge on any atom is -0.384 e. The summed E-state index contributed by atoms with van der Waals surface area (Å²) in [6.45, 7) is -0.208. The first-order valence-corrected chi connectivity index (χ1v) is 7.27. The van der Waals surface area contributed by atoms with Gasteiger partial charge < -0.3 is 10.1 Å². The molecule has 0 saturated heterocycles. The fraction of sp³-hybridized carbons (Fsp3) is 0.154. The normalized spacial score (nSPS) is 10.8. The molecule has 20 heavy (non-hydrogen) atoms. The molecular weight excluding hydrogens is 278 g/mol. The van der Waals surface area contributed by atoms with Crippen LogP contribution in [0.2, 0.25) is 0 Å². The molecule has 0 unspecified atom stereocenters. The number of imidazole rings is 1. The van der Waals surface area contributed by atoms with Gasteiger partial charge in [-0.3, -0.25) is 0 Å². The van der Waals surface area contributed by atoms with Crippen LogP contribution in [0.15, 0.2) is 41.7 Å². The molecular formula is C13H13N3O3S. The molecule has 0 atom stereocenters. The second-order valence-corrected chi connectivity index (χ2v) is 5.59. The molecule has 7 heteroatoms. The fourth-order valence-electron chi connectivity index (χ4n) is 1.57. The van der Waals surface area contributed by atoms with Gasteiger partial charge in [0.25, 0.3) is 0 Å². The molecule has 6 nitrogen and oxygen atoms in total. The summed E-state index contributed by atoms with van der Waals surface area (Å²) in [7, 11) is -3.68. The predicted molar refractivity (Wildman–Crippen MR) is 73.0 cm³/mol. The van der Waals surface area contributed by atoms with Crippen molar-refractivity contribution in [2.45, 2.75) is 11.4 Å². The molecule has 2 aromatic rings. The third-order valence-corrected chi connectivity index (χ3v) is 3.95. The van der Waals surface area contributed by atoms with E-state index in [1.165, 1.54) is 12.4 Å². The van der Waals surface area contributed by atoms with Crippen LogP contribution in [0.25, 0.3) is 0 Å². The first-order chi connectivity index (χ1) is 9.63. The zero-order valence-electron chi connectivity index (χ0n) is 10.5. The van der Waals surface area contributed by atoms with Gasteiger partial charge in [-0.15, -0.1) is 0 Å². The Kier molecular flexibility index (Phi) is 4.53. The molecule has 3 N–H and O–H groups in total. The first-order valence-electron chi connectivity index (χ1n) is 5.79. The van der Waals surface area contributed by atoms with E-state index < -0.39 is 10.0 Å². The van der Waals surface area contributed by atoms with Gasteiger partial charge in [0.2, 0.25) is 10.0 Å². The summed E-state index contributed by atoms with van der Waals surface area (Å²) < 4.78 is 26.9. The monoisotopic (exact) mass is 291 g/mol. The van der Waals surface area contributed by atoms with E-state index in [-0.39, 0.29) is 18.0 Å². The number of aliphatic hydroxyl groups excluding tert-OH is 1. The van der Waals surface area contributed by atoms with E-state index in [1.807, 2.05) is 0 Å². The second kappa shape index (κ2) is 6.34. The van der Waals surface area contributed by atoms with Crippen LogP contribution >= 0.6 is 0 Å². The van der Waals surface area contributed by atoms with Crippen LogP contribution < -0.4 is 4.72 Å². The zero-order chi connectivity index (χ0) is 14.4. The maximum Gasteiger partial charge on any atom is 0.242 e. The van der Waals surface area contributed by atoms with Crippen LogP contribution in [0, 0.1) is 11.8 Å². The molecule has 0 saturated carbocycles. The Balaban J connectivity index is 2.25. The van der Waals surface area contributed by atoms with Crippen molar-refractivity contribution in [2.75, 3.05) is 6.61 Å². The Morgan fingerprint density at radius 3 is 2.85 bits per heavy atom. The standard InChI is InChI=1S/C13H13N3O3S/c17-7-3-5-11-4-1-2-6-13(11)20(18,19)16-9-12-8-14-10-15-12/h1-2,4,6,8,10,16-17H,7,9H2,(H,14,15). The summed E-state index contributed by atoms with van der Waals surface area (Å²) in [5.41, 5.74) is 1.01. The van der Waals surface area contributed by atoms with E-state index in [9.17, 15) is 8.42 Å². The molecule has 104 valence electrons. The molecule has 0 aliphatic carbocycles. The lowest BCUT2D eigenvalue weighted by Gasteiger charge is -2.07. The smallest absolute Gasteiger partial charge is 0.242 e. The Morgan fingerprint density at radius 2 is 2.15 bits per heavy atom. The number of H-pyrrole nitrogens is 1. The Labute approximate surface area is 116 Å². The van der Waals surface area contributed by atoms with Crippen molar-refractivity contribution in [1.82, 2.24) is 14.7 Å². The van der Waals surface area contributed by atoms with Crippen LogP contribution in [-0.4, -0.2) is 30.1 Å². The molecule has 1 aromatic carbocycles. The number of sulfonamides is 1. The number of hydrogen-bond donors (Lipinski definition) is 3. The van der Waals surface area contributed by atoms with Crippen molar-refractivity contribution < 1.29 is 13.5 Å². The summed E-state index contributed by atoms with van der Waals surface area (Å²) >= 11 is 0. The molecule has 2 rings (SSSR count). The van der Waals surface area contributed by atoms with Crippen LogP contribution in [0.3, 0.4) is 0 Å². The molecule has 1 heterocycles. The van der Waals surface area contributed by atoms with E-state index >= 15 is 0 Å². The van der Waals surface area contributed by atoms with Crippen molar-refractivity contribution in [3.05, 3.63) is 48.0 Å². The highest BCUT2D eigenvalue weighted by Gasteiger charge is 2.17. The average molecular weight is 291 g/mol. The number of nitrogens with one attached hydrogen (secondary N) is 2. The fourth-order valence-corrected chi connectivity index (χ4v) is 2.74. The largest absolute Gasteiger partial charge is 0.384 e. The van der Waals surface area contributed by atoms with Crippen molar-refractivity contribution in [2.24, 2.45) is 0 Å².